The number of benzene rings is 2. The number of rotatable bonds is 5. The number of piperidine rings is 2. The minimum absolute atomic E-state index is 0.0593. The quantitative estimate of drug-likeness (QED) is 0.603. The van der Waals surface area contributed by atoms with Crippen molar-refractivity contribution in [2.75, 3.05) is 26.2 Å². The van der Waals surface area contributed by atoms with Gasteiger partial charge in [-0.15, -0.1) is 5.10 Å². The zero-order chi connectivity index (χ0) is 24.4. The Balaban J connectivity index is 1.25. The van der Waals surface area contributed by atoms with Crippen molar-refractivity contribution < 1.29 is 9.59 Å². The van der Waals surface area contributed by atoms with E-state index in [0.717, 1.165) is 31.5 Å². The summed E-state index contributed by atoms with van der Waals surface area (Å²) in [5.74, 6) is -0.334. The van der Waals surface area contributed by atoms with Crippen molar-refractivity contribution in [3.63, 3.8) is 0 Å². The Morgan fingerprint density at radius 2 is 1.60 bits per heavy atom. The van der Waals surface area contributed by atoms with Gasteiger partial charge in [-0.1, -0.05) is 35.9 Å². The maximum atomic E-state index is 13.1. The van der Waals surface area contributed by atoms with Crippen LogP contribution in [0.2, 0.25) is 0 Å². The summed E-state index contributed by atoms with van der Waals surface area (Å²) in [4.78, 5) is 42.3. The van der Waals surface area contributed by atoms with Crippen molar-refractivity contribution in [2.24, 2.45) is 5.73 Å². The van der Waals surface area contributed by atoms with E-state index in [9.17, 15) is 14.4 Å². The molecule has 0 radical (unpaired) electrons. The first-order chi connectivity index (χ1) is 17.0. The van der Waals surface area contributed by atoms with Crippen LogP contribution in [0.1, 0.15) is 48.0 Å². The predicted molar refractivity (Wildman–Crippen MR) is 132 cm³/mol. The lowest BCUT2D eigenvalue weighted by molar-refractivity contribution is -0.134. The molecule has 0 spiro atoms. The molecule has 1 aromatic heterocycles. The van der Waals surface area contributed by atoms with E-state index in [-0.39, 0.29) is 23.9 Å². The van der Waals surface area contributed by atoms with E-state index in [4.69, 9.17) is 5.73 Å². The molecule has 0 atom stereocenters. The van der Waals surface area contributed by atoms with Gasteiger partial charge in [0.15, 0.2) is 0 Å². The van der Waals surface area contributed by atoms with E-state index in [1.54, 1.807) is 35.2 Å². The second-order valence-corrected chi connectivity index (χ2v) is 9.50. The first-order valence-corrected chi connectivity index (χ1v) is 12.2. The molecule has 2 amide bonds. The van der Waals surface area contributed by atoms with Crippen LogP contribution in [-0.2, 0) is 11.3 Å². The van der Waals surface area contributed by atoms with Crippen molar-refractivity contribution in [1.82, 2.24) is 24.8 Å². The Labute approximate surface area is 203 Å². The fourth-order valence-corrected chi connectivity index (χ4v) is 5.36. The molecule has 2 saturated heterocycles. The van der Waals surface area contributed by atoms with Crippen LogP contribution >= 0.6 is 0 Å². The second-order valence-electron chi connectivity index (χ2n) is 9.50. The Kier molecular flexibility index (Phi) is 6.34. The summed E-state index contributed by atoms with van der Waals surface area (Å²) in [6.45, 7) is 3.06. The van der Waals surface area contributed by atoms with Crippen LogP contribution in [0.25, 0.3) is 10.9 Å². The molecule has 0 saturated carbocycles. The number of amides is 2. The largest absolute Gasteiger partial charge is 0.368 e. The monoisotopic (exact) mass is 474 g/mol. The third-order valence-electron chi connectivity index (χ3n) is 7.46. The highest BCUT2D eigenvalue weighted by Crippen LogP contribution is 2.32. The maximum absolute atomic E-state index is 13.1. The van der Waals surface area contributed by atoms with E-state index in [1.807, 2.05) is 18.2 Å². The van der Waals surface area contributed by atoms with Crippen molar-refractivity contribution >= 4 is 22.7 Å². The summed E-state index contributed by atoms with van der Waals surface area (Å²) in [6.07, 6.45) is 4.49. The Morgan fingerprint density at radius 3 is 2.29 bits per heavy atom. The molecule has 35 heavy (non-hydrogen) atoms. The number of primary amides is 1. The van der Waals surface area contributed by atoms with Crippen molar-refractivity contribution in [3.05, 3.63) is 70.0 Å². The molecule has 3 aromatic rings. The first kappa shape index (κ1) is 23.2. The minimum atomic E-state index is -0.644. The Morgan fingerprint density at radius 1 is 0.914 bits per heavy atom. The van der Waals surface area contributed by atoms with Crippen molar-refractivity contribution in [3.8, 4) is 0 Å². The summed E-state index contributed by atoms with van der Waals surface area (Å²) >= 11 is 0. The zero-order valence-electron chi connectivity index (χ0n) is 19.7. The smallest absolute Gasteiger partial charge is 0.277 e. The fourth-order valence-electron chi connectivity index (χ4n) is 5.36. The molecular weight excluding hydrogens is 444 g/mol. The molecule has 2 aliphatic rings. The normalized spacial score (nSPS) is 18.5. The van der Waals surface area contributed by atoms with E-state index in [0.29, 0.717) is 42.4 Å². The fraction of sp³-hybridized carbons (Fsp3) is 0.423. The highest BCUT2D eigenvalue weighted by Gasteiger charge is 2.45. The van der Waals surface area contributed by atoms with Gasteiger partial charge in [-0.2, -0.15) is 0 Å². The summed E-state index contributed by atoms with van der Waals surface area (Å²) < 4.78 is 1.33. The van der Waals surface area contributed by atoms with Gasteiger partial charge in [0, 0.05) is 18.7 Å². The number of fused-ring (bicyclic) bond motifs is 1. The van der Waals surface area contributed by atoms with Crippen molar-refractivity contribution in [1.29, 1.82) is 0 Å². The van der Waals surface area contributed by atoms with E-state index in [1.165, 1.54) is 11.1 Å². The van der Waals surface area contributed by atoms with E-state index < -0.39 is 5.54 Å². The lowest BCUT2D eigenvalue weighted by atomic mass is 9.83. The van der Waals surface area contributed by atoms with Gasteiger partial charge in [0.25, 0.3) is 11.5 Å². The number of hydrogen-bond acceptors (Lipinski definition) is 6. The molecule has 9 heteroatoms. The topological polar surface area (TPSA) is 114 Å². The molecule has 3 heterocycles. The SMILES string of the molecule is NC(=O)C1(N2CCCCC2)CCN(C(=O)c2ccc(Cn3nnc4ccccc4c3=O)cc2)CC1. The summed E-state index contributed by atoms with van der Waals surface area (Å²) in [5, 5.41) is 8.68. The molecule has 2 N–H and O–H groups in total. The summed E-state index contributed by atoms with van der Waals surface area (Å²) in [7, 11) is 0. The van der Waals surface area contributed by atoms with Gasteiger partial charge in [0.05, 0.1) is 11.9 Å². The second kappa shape index (κ2) is 9.58. The number of nitrogens with two attached hydrogens (primary N) is 1. The van der Waals surface area contributed by atoms with Gasteiger partial charge < -0.3 is 10.6 Å². The molecular formula is C26H30N6O3. The minimum Gasteiger partial charge on any atom is -0.368 e. The van der Waals surface area contributed by atoms with Crippen LogP contribution in [0.3, 0.4) is 0 Å². The molecule has 2 fully saturated rings. The number of likely N-dealkylation sites (tertiary alicyclic amines) is 2. The van der Waals surface area contributed by atoms with E-state index in [2.05, 4.69) is 15.2 Å². The molecule has 182 valence electrons. The first-order valence-electron chi connectivity index (χ1n) is 12.2. The molecule has 9 nitrogen and oxygen atoms in total. The average Bonchev–Trinajstić information content (AvgIpc) is 2.91. The number of aromatic nitrogens is 3. The molecule has 0 aliphatic carbocycles. The zero-order valence-corrected chi connectivity index (χ0v) is 19.7. The van der Waals surface area contributed by atoms with Crippen LogP contribution in [0.4, 0.5) is 0 Å². The maximum Gasteiger partial charge on any atom is 0.277 e. The molecule has 0 unspecified atom stereocenters. The van der Waals surface area contributed by atoms with Crippen LogP contribution in [0.15, 0.2) is 53.3 Å². The van der Waals surface area contributed by atoms with Gasteiger partial charge >= 0.3 is 0 Å². The van der Waals surface area contributed by atoms with Gasteiger partial charge in [-0.3, -0.25) is 19.3 Å². The number of carbonyl (C=O) groups is 2. The number of nitrogens with zero attached hydrogens (tertiary/aromatic N) is 5. The van der Waals surface area contributed by atoms with Gasteiger partial charge in [0.1, 0.15) is 11.1 Å². The number of hydrogen-bond donors (Lipinski definition) is 1. The third kappa shape index (κ3) is 4.43. The molecule has 2 aliphatic heterocycles. The summed E-state index contributed by atoms with van der Waals surface area (Å²) in [6, 6.07) is 14.3. The standard InChI is InChI=1S/C26H30N6O3/c27-25(35)26(31-14-4-1-5-15-31)12-16-30(17-13-26)23(33)20-10-8-19(9-11-20)18-32-24(34)21-6-2-3-7-22(21)28-29-32/h2-3,6-11H,1,4-5,12-18H2,(H2,27,35). The Bertz CT molecular complexity index is 1290. The van der Waals surface area contributed by atoms with Crippen molar-refractivity contribution in [2.45, 2.75) is 44.2 Å². The van der Waals surface area contributed by atoms with Crippen LogP contribution in [0.5, 0.6) is 0 Å². The Hall–Kier alpha value is -3.59. The number of carbonyl (C=O) groups excluding carboxylic acids is 2. The lowest BCUT2D eigenvalue weighted by Crippen LogP contribution is -2.63. The van der Waals surface area contributed by atoms with Gasteiger partial charge in [-0.25, -0.2) is 4.68 Å². The predicted octanol–water partition coefficient (Wildman–Crippen LogP) is 1.79. The highest BCUT2D eigenvalue weighted by molar-refractivity contribution is 5.94. The van der Waals surface area contributed by atoms with Crippen LogP contribution in [-0.4, -0.2) is 68.3 Å². The highest BCUT2D eigenvalue weighted by atomic mass is 16.2. The molecule has 2 aromatic carbocycles. The third-order valence-corrected chi connectivity index (χ3v) is 7.46. The van der Waals surface area contributed by atoms with Gasteiger partial charge in [-0.05, 0) is 68.6 Å². The van der Waals surface area contributed by atoms with Crippen LogP contribution < -0.4 is 11.3 Å². The lowest BCUT2D eigenvalue weighted by Gasteiger charge is -2.48. The van der Waals surface area contributed by atoms with Crippen LogP contribution in [0, 0.1) is 0 Å². The summed E-state index contributed by atoms with van der Waals surface area (Å²) in [5.41, 5.74) is 7.02. The molecule has 0 bridgehead atoms. The van der Waals surface area contributed by atoms with E-state index >= 15 is 0 Å². The average molecular weight is 475 g/mol. The molecule has 5 rings (SSSR count). The van der Waals surface area contributed by atoms with Gasteiger partial charge in [0.2, 0.25) is 5.91 Å².